The lowest BCUT2D eigenvalue weighted by Crippen LogP contribution is -2.52. The minimum Gasteiger partial charge on any atom is -0.352 e. The molecular formula is C18H25N7O2S. The summed E-state index contributed by atoms with van der Waals surface area (Å²) in [6, 6.07) is 7.63. The molecule has 2 fully saturated rings. The molecule has 0 saturated carbocycles. The van der Waals surface area contributed by atoms with Crippen LogP contribution >= 0.6 is 0 Å². The predicted molar refractivity (Wildman–Crippen MR) is 108 cm³/mol. The van der Waals surface area contributed by atoms with Gasteiger partial charge in [-0.15, -0.1) is 10.2 Å². The van der Waals surface area contributed by atoms with Gasteiger partial charge in [0, 0.05) is 45.5 Å². The predicted octanol–water partition coefficient (Wildman–Crippen LogP) is 1.39. The van der Waals surface area contributed by atoms with Crippen molar-refractivity contribution in [3.63, 3.8) is 0 Å². The molecule has 9 nitrogen and oxygen atoms in total. The molecule has 0 amide bonds. The van der Waals surface area contributed by atoms with Gasteiger partial charge < -0.3 is 10.2 Å². The fourth-order valence-electron chi connectivity index (χ4n) is 3.46. The minimum atomic E-state index is -3.32. The standard InChI is InChI=1S/C18H25N7O2S/c1-15-4-5-16(19-14-15)20-17-6-7-18(22-21-17)23-10-12-25(13-11-23)28(26,27)24-8-2-3-9-24/h4-7,14H,2-3,8-13H2,1H3,(H,19,20,21). The summed E-state index contributed by atoms with van der Waals surface area (Å²) < 4.78 is 28.5. The molecule has 0 bridgehead atoms. The van der Waals surface area contributed by atoms with Crippen LogP contribution in [-0.4, -0.2) is 71.5 Å². The van der Waals surface area contributed by atoms with Crippen LogP contribution in [0.3, 0.4) is 0 Å². The van der Waals surface area contributed by atoms with E-state index in [4.69, 9.17) is 0 Å². The Morgan fingerprint density at radius 2 is 1.54 bits per heavy atom. The summed E-state index contributed by atoms with van der Waals surface area (Å²) in [6.07, 6.45) is 3.69. The monoisotopic (exact) mass is 403 g/mol. The van der Waals surface area contributed by atoms with E-state index in [9.17, 15) is 8.42 Å². The summed E-state index contributed by atoms with van der Waals surface area (Å²) in [7, 11) is -3.32. The Labute approximate surface area is 165 Å². The zero-order valence-electron chi connectivity index (χ0n) is 16.0. The third kappa shape index (κ3) is 4.08. The van der Waals surface area contributed by atoms with Crippen LogP contribution in [0, 0.1) is 6.92 Å². The Morgan fingerprint density at radius 3 is 2.14 bits per heavy atom. The van der Waals surface area contributed by atoms with Crippen molar-refractivity contribution in [3.8, 4) is 0 Å². The van der Waals surface area contributed by atoms with Gasteiger partial charge in [-0.2, -0.15) is 17.0 Å². The van der Waals surface area contributed by atoms with Crippen LogP contribution in [0.5, 0.6) is 0 Å². The number of rotatable bonds is 5. The molecule has 1 N–H and O–H groups in total. The van der Waals surface area contributed by atoms with Crippen LogP contribution in [0.2, 0.25) is 0 Å². The van der Waals surface area contributed by atoms with Crippen molar-refractivity contribution < 1.29 is 8.42 Å². The molecule has 2 aromatic heterocycles. The van der Waals surface area contributed by atoms with E-state index in [1.54, 1.807) is 14.8 Å². The van der Waals surface area contributed by atoms with E-state index in [-0.39, 0.29) is 0 Å². The average molecular weight is 404 g/mol. The normalized spacial score (nSPS) is 19.1. The lowest BCUT2D eigenvalue weighted by Gasteiger charge is -2.36. The highest BCUT2D eigenvalue weighted by atomic mass is 32.2. The molecule has 0 atom stereocenters. The second-order valence-corrected chi connectivity index (χ2v) is 9.05. The van der Waals surface area contributed by atoms with Gasteiger partial charge in [-0.25, -0.2) is 4.98 Å². The zero-order chi connectivity index (χ0) is 19.6. The number of aryl methyl sites for hydroxylation is 1. The Kier molecular flexibility index (Phi) is 5.42. The first kappa shape index (κ1) is 19.0. The van der Waals surface area contributed by atoms with Gasteiger partial charge in [0.05, 0.1) is 0 Å². The van der Waals surface area contributed by atoms with Crippen molar-refractivity contribution in [2.75, 3.05) is 49.5 Å². The zero-order valence-corrected chi connectivity index (χ0v) is 16.8. The molecule has 0 spiro atoms. The van der Waals surface area contributed by atoms with Crippen molar-refractivity contribution in [2.45, 2.75) is 19.8 Å². The largest absolute Gasteiger partial charge is 0.352 e. The summed E-state index contributed by atoms with van der Waals surface area (Å²) in [6.45, 7) is 5.40. The fraction of sp³-hybridized carbons (Fsp3) is 0.500. The smallest absolute Gasteiger partial charge is 0.282 e. The number of pyridine rings is 1. The highest BCUT2D eigenvalue weighted by Gasteiger charge is 2.33. The van der Waals surface area contributed by atoms with Crippen LogP contribution < -0.4 is 10.2 Å². The molecule has 28 heavy (non-hydrogen) atoms. The first-order valence-corrected chi connectivity index (χ1v) is 11.0. The van der Waals surface area contributed by atoms with E-state index in [2.05, 4.69) is 25.4 Å². The number of aromatic nitrogens is 3. The van der Waals surface area contributed by atoms with Gasteiger partial charge in [-0.05, 0) is 43.5 Å². The molecule has 2 aliphatic heterocycles. The Morgan fingerprint density at radius 1 is 0.857 bits per heavy atom. The first-order chi connectivity index (χ1) is 13.5. The summed E-state index contributed by atoms with van der Waals surface area (Å²) in [5, 5.41) is 11.6. The highest BCUT2D eigenvalue weighted by molar-refractivity contribution is 7.86. The quantitative estimate of drug-likeness (QED) is 0.806. The van der Waals surface area contributed by atoms with E-state index in [0.717, 1.165) is 24.2 Å². The van der Waals surface area contributed by atoms with Gasteiger partial charge in [0.1, 0.15) is 5.82 Å². The van der Waals surface area contributed by atoms with Crippen molar-refractivity contribution in [2.24, 2.45) is 0 Å². The summed E-state index contributed by atoms with van der Waals surface area (Å²) in [4.78, 5) is 6.36. The summed E-state index contributed by atoms with van der Waals surface area (Å²) in [5.41, 5.74) is 1.10. The first-order valence-electron chi connectivity index (χ1n) is 9.56. The molecular weight excluding hydrogens is 378 g/mol. The van der Waals surface area contributed by atoms with E-state index in [1.807, 2.05) is 31.2 Å². The third-order valence-electron chi connectivity index (χ3n) is 5.10. The number of piperazine rings is 1. The number of anilines is 3. The van der Waals surface area contributed by atoms with Crippen LogP contribution in [0.4, 0.5) is 17.5 Å². The molecule has 4 heterocycles. The van der Waals surface area contributed by atoms with Gasteiger partial charge >= 0.3 is 0 Å². The van der Waals surface area contributed by atoms with Gasteiger partial charge in [-0.1, -0.05) is 6.07 Å². The van der Waals surface area contributed by atoms with Crippen molar-refractivity contribution in [1.82, 2.24) is 23.8 Å². The fourth-order valence-corrected chi connectivity index (χ4v) is 5.13. The molecule has 4 rings (SSSR count). The molecule has 2 aromatic rings. The number of hydrogen-bond acceptors (Lipinski definition) is 7. The maximum Gasteiger partial charge on any atom is 0.282 e. The van der Waals surface area contributed by atoms with Gasteiger partial charge in [0.25, 0.3) is 10.2 Å². The summed E-state index contributed by atoms with van der Waals surface area (Å²) in [5.74, 6) is 2.09. The molecule has 2 saturated heterocycles. The second kappa shape index (κ2) is 7.98. The van der Waals surface area contributed by atoms with Crippen LogP contribution in [0.25, 0.3) is 0 Å². The van der Waals surface area contributed by atoms with Crippen molar-refractivity contribution >= 4 is 27.7 Å². The van der Waals surface area contributed by atoms with E-state index in [1.165, 1.54) is 0 Å². The molecule has 0 radical (unpaired) electrons. The second-order valence-electron chi connectivity index (χ2n) is 7.12. The van der Waals surface area contributed by atoms with Gasteiger partial charge in [-0.3, -0.25) is 0 Å². The van der Waals surface area contributed by atoms with Gasteiger partial charge in [0.2, 0.25) is 0 Å². The molecule has 0 unspecified atom stereocenters. The number of nitrogens with one attached hydrogen (secondary N) is 1. The van der Waals surface area contributed by atoms with Crippen molar-refractivity contribution in [1.29, 1.82) is 0 Å². The molecule has 10 heteroatoms. The van der Waals surface area contributed by atoms with Gasteiger partial charge in [0.15, 0.2) is 11.6 Å². The number of hydrogen-bond donors (Lipinski definition) is 1. The van der Waals surface area contributed by atoms with E-state index >= 15 is 0 Å². The average Bonchev–Trinajstić information content (AvgIpc) is 3.26. The summed E-state index contributed by atoms with van der Waals surface area (Å²) >= 11 is 0. The third-order valence-corrected chi connectivity index (χ3v) is 7.13. The lowest BCUT2D eigenvalue weighted by atomic mass is 10.3. The van der Waals surface area contributed by atoms with Crippen LogP contribution in [0.1, 0.15) is 18.4 Å². The maximum absolute atomic E-state index is 12.7. The Balaban J connectivity index is 1.35. The molecule has 2 aliphatic rings. The molecule has 0 aliphatic carbocycles. The Bertz CT molecular complexity index is 889. The van der Waals surface area contributed by atoms with Crippen LogP contribution in [0.15, 0.2) is 30.5 Å². The number of nitrogens with zero attached hydrogens (tertiary/aromatic N) is 6. The molecule has 0 aromatic carbocycles. The maximum atomic E-state index is 12.7. The van der Waals surface area contributed by atoms with Crippen molar-refractivity contribution in [3.05, 3.63) is 36.0 Å². The van der Waals surface area contributed by atoms with Crippen LogP contribution in [-0.2, 0) is 10.2 Å². The highest BCUT2D eigenvalue weighted by Crippen LogP contribution is 2.21. The Hall–Kier alpha value is -2.30. The molecule has 150 valence electrons. The minimum absolute atomic E-state index is 0.466. The van der Waals surface area contributed by atoms with E-state index in [0.29, 0.717) is 50.9 Å². The topological polar surface area (TPSA) is 94.6 Å². The lowest BCUT2D eigenvalue weighted by molar-refractivity contribution is 0.343. The van der Waals surface area contributed by atoms with E-state index < -0.39 is 10.2 Å². The SMILES string of the molecule is Cc1ccc(Nc2ccc(N3CCN(S(=O)(=O)N4CCCC4)CC3)nn2)nc1.